The molecule has 4 N–H and O–H groups in total. The van der Waals surface area contributed by atoms with Crippen LogP contribution in [0.5, 0.6) is 5.75 Å². The third-order valence-corrected chi connectivity index (χ3v) is 2.58. The minimum absolute atomic E-state index is 0.210. The lowest BCUT2D eigenvalue weighted by Gasteiger charge is -2.11. The number of hydrogen-bond donors (Lipinski definition) is 4. The molecule has 9 heteroatoms. The first kappa shape index (κ1) is 14.6. The summed E-state index contributed by atoms with van der Waals surface area (Å²) in [4.78, 5) is 11.6. The third-order valence-electron chi connectivity index (χ3n) is 2.58. The van der Waals surface area contributed by atoms with Gasteiger partial charge in [0.1, 0.15) is 11.8 Å². The molecular formula is C11H13F3N4O2. The number of rotatable bonds is 4. The van der Waals surface area contributed by atoms with Gasteiger partial charge in [-0.2, -0.15) is 5.53 Å². The summed E-state index contributed by atoms with van der Waals surface area (Å²) in [6, 6.07) is 4.93. The molecule has 2 rings (SSSR count). The highest BCUT2D eigenvalue weighted by Crippen LogP contribution is 2.22. The van der Waals surface area contributed by atoms with Crippen LogP contribution in [0.2, 0.25) is 0 Å². The summed E-state index contributed by atoms with van der Waals surface area (Å²) in [5, 5.41) is 2.66. The summed E-state index contributed by atoms with van der Waals surface area (Å²) < 4.78 is 39.7. The van der Waals surface area contributed by atoms with Crippen LogP contribution in [0, 0.1) is 0 Å². The van der Waals surface area contributed by atoms with E-state index in [0.717, 1.165) is 0 Å². The van der Waals surface area contributed by atoms with E-state index in [1.54, 1.807) is 0 Å². The zero-order chi connectivity index (χ0) is 14.6. The van der Waals surface area contributed by atoms with Crippen molar-refractivity contribution in [3.63, 3.8) is 0 Å². The van der Waals surface area contributed by atoms with E-state index >= 15 is 0 Å². The fourth-order valence-electron chi connectivity index (χ4n) is 1.62. The number of carbonyl (C=O) groups excluding carboxylic acids is 1. The van der Waals surface area contributed by atoms with E-state index in [1.807, 2.05) is 0 Å². The predicted octanol–water partition coefficient (Wildman–Crippen LogP) is 0.182. The van der Waals surface area contributed by atoms with Gasteiger partial charge in [-0.15, -0.1) is 13.2 Å². The molecule has 20 heavy (non-hydrogen) atoms. The predicted molar refractivity (Wildman–Crippen MR) is 63.0 cm³/mol. The van der Waals surface area contributed by atoms with Crippen molar-refractivity contribution >= 4 is 5.91 Å². The molecule has 6 nitrogen and oxygen atoms in total. The van der Waals surface area contributed by atoms with Crippen LogP contribution in [0.1, 0.15) is 5.56 Å². The van der Waals surface area contributed by atoms with Gasteiger partial charge in [0.2, 0.25) is 5.91 Å². The van der Waals surface area contributed by atoms with Crippen LogP contribution < -0.4 is 26.4 Å². The lowest BCUT2D eigenvalue weighted by molar-refractivity contribution is -0.274. The average molecular weight is 290 g/mol. The maximum absolute atomic E-state index is 12.0. The first-order valence-electron chi connectivity index (χ1n) is 5.80. The molecule has 110 valence electrons. The Hall–Kier alpha value is -1.84. The Labute approximate surface area is 112 Å². The fraction of sp³-hybridized carbons (Fsp3) is 0.364. The molecule has 0 bridgehead atoms. The Morgan fingerprint density at radius 2 is 2.05 bits per heavy atom. The first-order valence-corrected chi connectivity index (χ1v) is 5.80. The maximum Gasteiger partial charge on any atom is 0.573 e. The molecule has 1 amide bonds. The number of ether oxygens (including phenoxy) is 1. The highest BCUT2D eigenvalue weighted by molar-refractivity contribution is 5.82. The molecule has 1 saturated heterocycles. The molecule has 0 aromatic heterocycles. The van der Waals surface area contributed by atoms with E-state index in [-0.39, 0.29) is 24.2 Å². The normalized spacial score (nSPS) is 18.9. The zero-order valence-corrected chi connectivity index (χ0v) is 10.3. The molecule has 1 atom stereocenters. The maximum atomic E-state index is 12.0. The monoisotopic (exact) mass is 290 g/mol. The lowest BCUT2D eigenvalue weighted by Crippen LogP contribution is -2.44. The highest BCUT2D eigenvalue weighted by Gasteiger charge is 2.30. The number of amides is 1. The number of hydrazine groups is 2. The summed E-state index contributed by atoms with van der Waals surface area (Å²) in [7, 11) is 0. The molecule has 1 aromatic rings. The van der Waals surface area contributed by atoms with Crippen molar-refractivity contribution in [1.82, 2.24) is 21.7 Å². The SMILES string of the molecule is O=C(NCc1ccc(OC(F)(F)F)cc1)C1CNNN1. The molecule has 1 fully saturated rings. The van der Waals surface area contributed by atoms with Crippen LogP contribution >= 0.6 is 0 Å². The second kappa shape index (κ2) is 6.07. The Morgan fingerprint density at radius 3 is 2.60 bits per heavy atom. The highest BCUT2D eigenvalue weighted by atomic mass is 19.4. The topological polar surface area (TPSA) is 74.4 Å². The van der Waals surface area contributed by atoms with Crippen LogP contribution in [-0.2, 0) is 11.3 Å². The molecule has 1 aliphatic rings. The third kappa shape index (κ3) is 4.37. The summed E-state index contributed by atoms with van der Waals surface area (Å²) in [5.74, 6) is -0.503. The fourth-order valence-corrected chi connectivity index (χ4v) is 1.62. The average Bonchev–Trinajstić information content (AvgIpc) is 2.89. The molecule has 1 heterocycles. The standard InChI is InChI=1S/C11H13F3N4O2/c12-11(13,14)20-8-3-1-7(2-4-8)5-15-10(19)9-6-16-18-17-9/h1-4,9,16-18H,5-6H2,(H,15,19). The summed E-state index contributed by atoms with van der Waals surface area (Å²) in [5.41, 5.74) is 8.71. The van der Waals surface area contributed by atoms with Gasteiger partial charge < -0.3 is 10.1 Å². The summed E-state index contributed by atoms with van der Waals surface area (Å²) in [6.07, 6.45) is -4.70. The van der Waals surface area contributed by atoms with Gasteiger partial charge in [0.25, 0.3) is 0 Å². The van der Waals surface area contributed by atoms with Crippen LogP contribution in [0.15, 0.2) is 24.3 Å². The number of halogens is 3. The molecule has 1 unspecified atom stereocenters. The molecule has 0 aliphatic carbocycles. The van der Waals surface area contributed by atoms with E-state index in [2.05, 4.69) is 26.4 Å². The number of alkyl halides is 3. The van der Waals surface area contributed by atoms with E-state index in [0.29, 0.717) is 12.1 Å². The Bertz CT molecular complexity index is 458. The van der Waals surface area contributed by atoms with Crippen LogP contribution in [-0.4, -0.2) is 24.9 Å². The van der Waals surface area contributed by atoms with Crippen molar-refractivity contribution < 1.29 is 22.7 Å². The largest absolute Gasteiger partial charge is 0.573 e. The smallest absolute Gasteiger partial charge is 0.406 e. The molecule has 1 aliphatic heterocycles. The van der Waals surface area contributed by atoms with Crippen molar-refractivity contribution in [3.05, 3.63) is 29.8 Å². The van der Waals surface area contributed by atoms with Crippen molar-refractivity contribution in [3.8, 4) is 5.75 Å². The lowest BCUT2D eigenvalue weighted by atomic mass is 10.2. The van der Waals surface area contributed by atoms with Gasteiger partial charge in [0.05, 0.1) is 0 Å². The van der Waals surface area contributed by atoms with Gasteiger partial charge in [-0.3, -0.25) is 4.79 Å². The van der Waals surface area contributed by atoms with Gasteiger partial charge in [-0.05, 0) is 17.7 Å². The summed E-state index contributed by atoms with van der Waals surface area (Å²) in [6.45, 7) is 0.674. The van der Waals surface area contributed by atoms with E-state index < -0.39 is 6.36 Å². The molecule has 0 saturated carbocycles. The van der Waals surface area contributed by atoms with Gasteiger partial charge >= 0.3 is 6.36 Å². The zero-order valence-electron chi connectivity index (χ0n) is 10.3. The Morgan fingerprint density at radius 1 is 1.35 bits per heavy atom. The van der Waals surface area contributed by atoms with Crippen molar-refractivity contribution in [1.29, 1.82) is 0 Å². The Kier molecular flexibility index (Phi) is 4.42. The minimum atomic E-state index is -4.70. The number of carbonyl (C=O) groups is 1. The molecule has 0 spiro atoms. The molecular weight excluding hydrogens is 277 g/mol. The van der Waals surface area contributed by atoms with Crippen LogP contribution in [0.25, 0.3) is 0 Å². The van der Waals surface area contributed by atoms with Gasteiger partial charge in [0.15, 0.2) is 0 Å². The van der Waals surface area contributed by atoms with Crippen LogP contribution in [0.4, 0.5) is 13.2 Å². The minimum Gasteiger partial charge on any atom is -0.406 e. The quantitative estimate of drug-likeness (QED) is 0.637. The first-order chi connectivity index (χ1) is 9.44. The van der Waals surface area contributed by atoms with Gasteiger partial charge in [-0.1, -0.05) is 12.1 Å². The van der Waals surface area contributed by atoms with Gasteiger partial charge in [-0.25, -0.2) is 10.9 Å². The van der Waals surface area contributed by atoms with Crippen molar-refractivity contribution in [2.45, 2.75) is 18.9 Å². The number of benzene rings is 1. The molecule has 0 radical (unpaired) electrons. The van der Waals surface area contributed by atoms with E-state index in [1.165, 1.54) is 24.3 Å². The molecule has 1 aromatic carbocycles. The Balaban J connectivity index is 1.83. The number of nitrogens with one attached hydrogen (secondary N) is 4. The number of hydrogen-bond acceptors (Lipinski definition) is 5. The second-order valence-corrected chi connectivity index (χ2v) is 4.11. The summed E-state index contributed by atoms with van der Waals surface area (Å²) >= 11 is 0. The second-order valence-electron chi connectivity index (χ2n) is 4.11. The van der Waals surface area contributed by atoms with Crippen molar-refractivity contribution in [2.24, 2.45) is 0 Å². The van der Waals surface area contributed by atoms with Gasteiger partial charge in [0, 0.05) is 13.1 Å². The van der Waals surface area contributed by atoms with E-state index in [4.69, 9.17) is 0 Å². The van der Waals surface area contributed by atoms with Crippen molar-refractivity contribution in [2.75, 3.05) is 6.54 Å². The van der Waals surface area contributed by atoms with E-state index in [9.17, 15) is 18.0 Å². The van der Waals surface area contributed by atoms with Crippen LogP contribution in [0.3, 0.4) is 0 Å².